The summed E-state index contributed by atoms with van der Waals surface area (Å²) in [5, 5.41) is 7.06. The van der Waals surface area contributed by atoms with Gasteiger partial charge in [0.25, 0.3) is 0 Å². The fraction of sp³-hybridized carbons (Fsp3) is 0.364. The fourth-order valence-corrected chi connectivity index (χ4v) is 3.57. The lowest BCUT2D eigenvalue weighted by molar-refractivity contribution is 0.602. The van der Waals surface area contributed by atoms with Gasteiger partial charge in [0, 0.05) is 11.4 Å². The Balaban J connectivity index is 2.46. The maximum absolute atomic E-state index is 6.29. The van der Waals surface area contributed by atoms with Crippen LogP contribution >= 0.6 is 38.9 Å². The highest BCUT2D eigenvalue weighted by atomic mass is 79.9. The molecule has 1 atom stereocenters. The Kier molecular flexibility index (Phi) is 3.92. The minimum Gasteiger partial charge on any atom is -0.318 e. The molecule has 0 saturated heterocycles. The molecular formula is C11H13BrClN3S. The molecule has 1 unspecified atom stereocenters. The zero-order chi connectivity index (χ0) is 12.6. The van der Waals surface area contributed by atoms with Crippen LogP contribution in [-0.2, 0) is 6.54 Å². The third kappa shape index (κ3) is 2.29. The molecular weight excluding hydrogens is 322 g/mol. The van der Waals surface area contributed by atoms with E-state index in [1.165, 1.54) is 0 Å². The Hall–Kier alpha value is -0.360. The van der Waals surface area contributed by atoms with Gasteiger partial charge in [-0.2, -0.15) is 5.10 Å². The molecule has 0 amide bonds. The first-order chi connectivity index (χ1) is 8.06. The summed E-state index contributed by atoms with van der Waals surface area (Å²) in [4.78, 5) is 0.986. The molecule has 92 valence electrons. The van der Waals surface area contributed by atoms with E-state index in [2.05, 4.69) is 21.0 Å². The van der Waals surface area contributed by atoms with Crippen LogP contribution in [0.25, 0.3) is 0 Å². The second-order valence-corrected chi connectivity index (χ2v) is 5.91. The lowest BCUT2D eigenvalue weighted by Crippen LogP contribution is -2.17. The summed E-state index contributed by atoms with van der Waals surface area (Å²) in [6, 6.07) is -0.238. The van der Waals surface area contributed by atoms with Crippen molar-refractivity contribution in [3.8, 4) is 0 Å². The van der Waals surface area contributed by atoms with Crippen LogP contribution in [0.5, 0.6) is 0 Å². The monoisotopic (exact) mass is 333 g/mol. The minimum atomic E-state index is -0.238. The maximum atomic E-state index is 6.29. The van der Waals surface area contributed by atoms with Crippen molar-refractivity contribution in [3.05, 3.63) is 37.2 Å². The highest BCUT2D eigenvalue weighted by Gasteiger charge is 2.22. The third-order valence-electron chi connectivity index (χ3n) is 2.64. The Morgan fingerprint density at radius 3 is 2.88 bits per heavy atom. The molecule has 6 heteroatoms. The molecule has 2 aromatic rings. The number of hydrogen-bond acceptors (Lipinski definition) is 3. The summed E-state index contributed by atoms with van der Waals surface area (Å²) < 4.78 is 2.81. The van der Waals surface area contributed by atoms with Crippen LogP contribution in [0, 0.1) is 6.92 Å². The zero-order valence-corrected chi connectivity index (χ0v) is 12.7. The number of nitrogens with zero attached hydrogens (tertiary/aromatic N) is 2. The molecule has 0 aliphatic rings. The second kappa shape index (κ2) is 5.10. The number of hydrogen-bond donors (Lipinski definition) is 1. The number of rotatable bonds is 3. The Bertz CT molecular complexity index is 535. The number of aryl methyl sites for hydroxylation is 2. The Morgan fingerprint density at radius 2 is 2.35 bits per heavy atom. The molecule has 2 aromatic heterocycles. The van der Waals surface area contributed by atoms with Crippen LogP contribution in [-0.4, -0.2) is 9.78 Å². The average Bonchev–Trinajstić information content (AvgIpc) is 2.83. The van der Waals surface area contributed by atoms with E-state index in [0.29, 0.717) is 0 Å². The van der Waals surface area contributed by atoms with Crippen molar-refractivity contribution in [2.24, 2.45) is 5.73 Å². The van der Waals surface area contributed by atoms with E-state index in [9.17, 15) is 0 Å². The van der Waals surface area contributed by atoms with Gasteiger partial charge in [-0.1, -0.05) is 11.6 Å². The predicted molar refractivity (Wildman–Crippen MR) is 75.7 cm³/mol. The standard InChI is InChI=1S/C11H13BrClN3S/c1-3-16-10(7(12)4-15-16)9(14)11-8(13)6(2)5-17-11/h4-5,9H,3,14H2,1-2H3. The summed E-state index contributed by atoms with van der Waals surface area (Å²) >= 11 is 11.3. The molecule has 0 aromatic carbocycles. The van der Waals surface area contributed by atoms with Crippen molar-refractivity contribution >= 4 is 38.9 Å². The van der Waals surface area contributed by atoms with Crippen LogP contribution in [0.1, 0.15) is 29.1 Å². The van der Waals surface area contributed by atoms with Crippen molar-refractivity contribution in [1.29, 1.82) is 0 Å². The highest BCUT2D eigenvalue weighted by molar-refractivity contribution is 9.10. The van der Waals surface area contributed by atoms with Crippen molar-refractivity contribution < 1.29 is 0 Å². The molecule has 0 fully saturated rings. The number of thiophene rings is 1. The second-order valence-electron chi connectivity index (χ2n) is 3.77. The molecule has 2 heterocycles. The van der Waals surface area contributed by atoms with Gasteiger partial charge in [0.2, 0.25) is 0 Å². The molecule has 2 rings (SSSR count). The minimum absolute atomic E-state index is 0.238. The molecule has 0 bridgehead atoms. The first kappa shape index (κ1) is 13.1. The van der Waals surface area contributed by atoms with Crippen LogP contribution in [0.2, 0.25) is 5.02 Å². The van der Waals surface area contributed by atoms with E-state index in [4.69, 9.17) is 17.3 Å². The summed E-state index contributed by atoms with van der Waals surface area (Å²) in [5.74, 6) is 0. The van der Waals surface area contributed by atoms with Crippen LogP contribution < -0.4 is 5.73 Å². The molecule has 0 aliphatic heterocycles. The van der Waals surface area contributed by atoms with Gasteiger partial charge in [0.05, 0.1) is 27.4 Å². The Labute approximate surface area is 118 Å². The Morgan fingerprint density at radius 1 is 1.65 bits per heavy atom. The van der Waals surface area contributed by atoms with E-state index < -0.39 is 0 Å². The lowest BCUT2D eigenvalue weighted by Gasteiger charge is -2.13. The first-order valence-electron chi connectivity index (χ1n) is 5.26. The van der Waals surface area contributed by atoms with Crippen LogP contribution in [0.4, 0.5) is 0 Å². The summed E-state index contributed by atoms with van der Waals surface area (Å²) in [6.45, 7) is 4.81. The van der Waals surface area contributed by atoms with Gasteiger partial charge in [-0.25, -0.2) is 0 Å². The summed E-state index contributed by atoms with van der Waals surface area (Å²) in [5.41, 5.74) is 8.33. The average molecular weight is 335 g/mol. The van der Waals surface area contributed by atoms with Crippen molar-refractivity contribution in [2.45, 2.75) is 26.4 Å². The van der Waals surface area contributed by atoms with Gasteiger partial charge in [-0.15, -0.1) is 11.3 Å². The number of nitrogens with two attached hydrogens (primary N) is 1. The first-order valence-corrected chi connectivity index (χ1v) is 7.31. The van der Waals surface area contributed by atoms with Gasteiger partial charge >= 0.3 is 0 Å². The molecule has 0 aliphatic carbocycles. The van der Waals surface area contributed by atoms with E-state index in [0.717, 1.165) is 32.2 Å². The van der Waals surface area contributed by atoms with Gasteiger partial charge in [0.1, 0.15) is 0 Å². The van der Waals surface area contributed by atoms with Crippen LogP contribution in [0.15, 0.2) is 16.0 Å². The SMILES string of the molecule is CCn1ncc(Br)c1C(N)c1scc(C)c1Cl. The van der Waals surface area contributed by atoms with Gasteiger partial charge in [-0.3, -0.25) is 4.68 Å². The van der Waals surface area contributed by atoms with E-state index >= 15 is 0 Å². The van der Waals surface area contributed by atoms with Gasteiger partial charge in [-0.05, 0) is 40.7 Å². The van der Waals surface area contributed by atoms with Crippen molar-refractivity contribution in [2.75, 3.05) is 0 Å². The molecule has 0 spiro atoms. The quantitative estimate of drug-likeness (QED) is 0.929. The van der Waals surface area contributed by atoms with Crippen molar-refractivity contribution in [1.82, 2.24) is 9.78 Å². The normalized spacial score (nSPS) is 13.0. The van der Waals surface area contributed by atoms with E-state index in [-0.39, 0.29) is 6.04 Å². The molecule has 2 N–H and O–H groups in total. The molecule has 3 nitrogen and oxygen atoms in total. The third-order valence-corrected chi connectivity index (χ3v) is 5.04. The zero-order valence-electron chi connectivity index (χ0n) is 9.58. The van der Waals surface area contributed by atoms with Crippen molar-refractivity contribution in [3.63, 3.8) is 0 Å². The van der Waals surface area contributed by atoms with Gasteiger partial charge < -0.3 is 5.73 Å². The number of halogens is 2. The number of aromatic nitrogens is 2. The molecule has 17 heavy (non-hydrogen) atoms. The van der Waals surface area contributed by atoms with E-state index in [1.54, 1.807) is 17.5 Å². The molecule has 0 radical (unpaired) electrons. The maximum Gasteiger partial charge on any atom is 0.0843 e. The predicted octanol–water partition coefficient (Wildman–Crippen LogP) is 3.74. The fourth-order valence-electron chi connectivity index (χ4n) is 1.72. The van der Waals surface area contributed by atoms with E-state index in [1.807, 2.05) is 23.9 Å². The highest BCUT2D eigenvalue weighted by Crippen LogP contribution is 2.36. The summed E-state index contributed by atoms with van der Waals surface area (Å²) in [6.07, 6.45) is 1.77. The van der Waals surface area contributed by atoms with Crippen LogP contribution in [0.3, 0.4) is 0 Å². The molecule has 0 saturated carbocycles. The smallest absolute Gasteiger partial charge is 0.0843 e. The largest absolute Gasteiger partial charge is 0.318 e. The lowest BCUT2D eigenvalue weighted by atomic mass is 10.1. The van der Waals surface area contributed by atoms with Gasteiger partial charge in [0.15, 0.2) is 0 Å². The topological polar surface area (TPSA) is 43.8 Å². The summed E-state index contributed by atoms with van der Waals surface area (Å²) in [7, 11) is 0.